The molecule has 2 aromatic heterocycles. The number of aromatic nitrogens is 3. The van der Waals surface area contributed by atoms with E-state index < -0.39 is 0 Å². The molecule has 2 atom stereocenters. The highest BCUT2D eigenvalue weighted by atomic mass is 16.5. The maximum Gasteiger partial charge on any atom is 0.255 e. The zero-order valence-electron chi connectivity index (χ0n) is 13.9. The van der Waals surface area contributed by atoms with E-state index >= 15 is 0 Å². The highest BCUT2D eigenvalue weighted by Crippen LogP contribution is 2.18. The predicted molar refractivity (Wildman–Crippen MR) is 88.0 cm³/mol. The lowest BCUT2D eigenvalue weighted by Gasteiger charge is -2.32. The second-order valence-corrected chi connectivity index (χ2v) is 5.85. The quantitative estimate of drug-likeness (QED) is 0.870. The average Bonchev–Trinajstić information content (AvgIpc) is 3.07. The standard InChI is InChI=1S/C17H22N4O3/c1-3-14-13(9-19-21-14)17(22)20-15-6-7-23-10-16(15)24-12-5-4-11(2)18-8-12/h4-5,8-9,15-16H,3,6-7,10H2,1-2H3,(H,19,21)(H,20,22)/t15-,16+/m1/s1. The molecule has 3 heterocycles. The first-order chi connectivity index (χ1) is 11.7. The largest absolute Gasteiger partial charge is 0.484 e. The van der Waals surface area contributed by atoms with E-state index in [1.54, 1.807) is 12.4 Å². The first-order valence-corrected chi connectivity index (χ1v) is 8.17. The minimum atomic E-state index is -0.246. The van der Waals surface area contributed by atoms with E-state index in [-0.39, 0.29) is 18.1 Å². The number of pyridine rings is 1. The molecular formula is C17H22N4O3. The van der Waals surface area contributed by atoms with E-state index in [4.69, 9.17) is 9.47 Å². The molecule has 128 valence electrons. The van der Waals surface area contributed by atoms with Crippen LogP contribution in [0.2, 0.25) is 0 Å². The molecule has 1 saturated heterocycles. The lowest BCUT2D eigenvalue weighted by Crippen LogP contribution is -2.51. The molecule has 0 bridgehead atoms. The van der Waals surface area contributed by atoms with Gasteiger partial charge in [0, 0.05) is 18.0 Å². The Morgan fingerprint density at radius 1 is 1.46 bits per heavy atom. The Balaban J connectivity index is 1.68. The monoisotopic (exact) mass is 330 g/mol. The molecule has 7 heteroatoms. The van der Waals surface area contributed by atoms with Crippen LogP contribution >= 0.6 is 0 Å². The van der Waals surface area contributed by atoms with E-state index in [0.717, 1.165) is 17.8 Å². The lowest BCUT2D eigenvalue weighted by molar-refractivity contribution is -0.0136. The van der Waals surface area contributed by atoms with Crippen molar-refractivity contribution >= 4 is 5.91 Å². The van der Waals surface area contributed by atoms with Crippen molar-refractivity contribution in [2.45, 2.75) is 38.8 Å². The van der Waals surface area contributed by atoms with Crippen LogP contribution < -0.4 is 10.1 Å². The van der Waals surface area contributed by atoms with Crippen molar-refractivity contribution in [3.05, 3.63) is 41.5 Å². The van der Waals surface area contributed by atoms with Crippen molar-refractivity contribution in [3.63, 3.8) is 0 Å². The van der Waals surface area contributed by atoms with Gasteiger partial charge in [0.05, 0.1) is 30.6 Å². The Morgan fingerprint density at radius 3 is 3.08 bits per heavy atom. The number of ether oxygens (including phenoxy) is 2. The summed E-state index contributed by atoms with van der Waals surface area (Å²) in [5.74, 6) is 0.538. The third-order valence-corrected chi connectivity index (χ3v) is 4.11. The van der Waals surface area contributed by atoms with Crippen molar-refractivity contribution in [1.29, 1.82) is 0 Å². The van der Waals surface area contributed by atoms with Crippen molar-refractivity contribution in [2.75, 3.05) is 13.2 Å². The molecule has 1 aliphatic rings. The van der Waals surface area contributed by atoms with Gasteiger partial charge in [0.1, 0.15) is 11.9 Å². The number of carbonyl (C=O) groups excluding carboxylic acids is 1. The number of hydrogen-bond donors (Lipinski definition) is 2. The van der Waals surface area contributed by atoms with Gasteiger partial charge in [-0.05, 0) is 31.9 Å². The minimum Gasteiger partial charge on any atom is -0.484 e. The fourth-order valence-electron chi connectivity index (χ4n) is 2.72. The van der Waals surface area contributed by atoms with Gasteiger partial charge in [-0.1, -0.05) is 6.92 Å². The van der Waals surface area contributed by atoms with Gasteiger partial charge in [-0.2, -0.15) is 5.10 Å². The molecular weight excluding hydrogens is 308 g/mol. The first-order valence-electron chi connectivity index (χ1n) is 8.17. The zero-order chi connectivity index (χ0) is 16.9. The number of rotatable bonds is 5. The molecule has 7 nitrogen and oxygen atoms in total. The fraction of sp³-hybridized carbons (Fsp3) is 0.471. The van der Waals surface area contributed by atoms with Crippen LogP contribution in [0.1, 0.15) is 35.1 Å². The normalized spacial score (nSPS) is 20.6. The Kier molecular flexibility index (Phi) is 5.10. The van der Waals surface area contributed by atoms with Gasteiger partial charge < -0.3 is 14.8 Å². The summed E-state index contributed by atoms with van der Waals surface area (Å²) in [5.41, 5.74) is 2.35. The second kappa shape index (κ2) is 7.44. The smallest absolute Gasteiger partial charge is 0.255 e. The third kappa shape index (κ3) is 3.73. The fourth-order valence-corrected chi connectivity index (χ4v) is 2.72. The van der Waals surface area contributed by atoms with E-state index in [0.29, 0.717) is 30.9 Å². The number of aryl methyl sites for hydroxylation is 2. The first kappa shape index (κ1) is 16.4. The Hall–Kier alpha value is -2.41. The summed E-state index contributed by atoms with van der Waals surface area (Å²) in [5, 5.41) is 9.86. The third-order valence-electron chi connectivity index (χ3n) is 4.11. The molecule has 24 heavy (non-hydrogen) atoms. The van der Waals surface area contributed by atoms with E-state index in [2.05, 4.69) is 20.5 Å². The van der Waals surface area contributed by atoms with Gasteiger partial charge in [-0.25, -0.2) is 0 Å². The maximum absolute atomic E-state index is 12.5. The molecule has 1 amide bonds. The van der Waals surface area contributed by atoms with Gasteiger partial charge in [0.15, 0.2) is 0 Å². The molecule has 1 aliphatic heterocycles. The number of nitrogens with zero attached hydrogens (tertiary/aromatic N) is 2. The molecule has 0 saturated carbocycles. The van der Waals surface area contributed by atoms with Crippen LogP contribution in [-0.4, -0.2) is 46.4 Å². The number of aromatic amines is 1. The summed E-state index contributed by atoms with van der Waals surface area (Å²) in [7, 11) is 0. The molecule has 0 aromatic carbocycles. The van der Waals surface area contributed by atoms with Gasteiger partial charge in [0.2, 0.25) is 0 Å². The van der Waals surface area contributed by atoms with Crippen molar-refractivity contribution < 1.29 is 14.3 Å². The Morgan fingerprint density at radius 2 is 2.33 bits per heavy atom. The molecule has 1 fully saturated rings. The van der Waals surface area contributed by atoms with E-state index in [1.165, 1.54) is 0 Å². The van der Waals surface area contributed by atoms with Crippen LogP contribution in [0.3, 0.4) is 0 Å². The summed E-state index contributed by atoms with van der Waals surface area (Å²) < 4.78 is 11.5. The number of hydrogen-bond acceptors (Lipinski definition) is 5. The van der Waals surface area contributed by atoms with Gasteiger partial charge >= 0.3 is 0 Å². The van der Waals surface area contributed by atoms with Gasteiger partial charge in [-0.15, -0.1) is 0 Å². The highest BCUT2D eigenvalue weighted by molar-refractivity contribution is 5.95. The molecule has 3 rings (SSSR count). The molecule has 0 radical (unpaired) electrons. The molecule has 2 aromatic rings. The van der Waals surface area contributed by atoms with Crippen LogP contribution in [0.4, 0.5) is 0 Å². The minimum absolute atomic E-state index is 0.118. The van der Waals surface area contributed by atoms with Gasteiger partial charge in [-0.3, -0.25) is 14.9 Å². The Labute approximate surface area is 140 Å². The van der Waals surface area contributed by atoms with Crippen LogP contribution in [0.5, 0.6) is 5.75 Å². The van der Waals surface area contributed by atoms with E-state index in [9.17, 15) is 4.79 Å². The molecule has 2 N–H and O–H groups in total. The van der Waals surface area contributed by atoms with Gasteiger partial charge in [0.25, 0.3) is 5.91 Å². The van der Waals surface area contributed by atoms with Crippen molar-refractivity contribution in [2.24, 2.45) is 0 Å². The number of nitrogens with one attached hydrogen (secondary N) is 2. The van der Waals surface area contributed by atoms with Crippen LogP contribution in [0.15, 0.2) is 24.5 Å². The maximum atomic E-state index is 12.5. The topological polar surface area (TPSA) is 89.1 Å². The lowest BCUT2D eigenvalue weighted by atomic mass is 10.0. The molecule has 0 unspecified atom stereocenters. The van der Waals surface area contributed by atoms with E-state index in [1.807, 2.05) is 26.0 Å². The summed E-state index contributed by atoms with van der Waals surface area (Å²) in [6, 6.07) is 3.65. The Bertz CT molecular complexity index is 683. The zero-order valence-corrected chi connectivity index (χ0v) is 13.9. The number of H-pyrrole nitrogens is 1. The molecule has 0 aliphatic carbocycles. The average molecular weight is 330 g/mol. The summed E-state index contributed by atoms with van der Waals surface area (Å²) in [6.07, 6.45) is 4.44. The SMILES string of the molecule is CCc1[nH]ncc1C(=O)N[C@@H]1CCOC[C@@H]1Oc1ccc(C)nc1. The second-order valence-electron chi connectivity index (χ2n) is 5.85. The number of carbonyl (C=O) groups is 1. The highest BCUT2D eigenvalue weighted by Gasteiger charge is 2.30. The summed E-state index contributed by atoms with van der Waals surface area (Å²) >= 11 is 0. The van der Waals surface area contributed by atoms with Crippen LogP contribution in [0.25, 0.3) is 0 Å². The summed E-state index contributed by atoms with van der Waals surface area (Å²) in [4.78, 5) is 16.7. The molecule has 0 spiro atoms. The van der Waals surface area contributed by atoms with Crippen LogP contribution in [-0.2, 0) is 11.2 Å². The van der Waals surface area contributed by atoms with Crippen LogP contribution in [0, 0.1) is 6.92 Å². The van der Waals surface area contributed by atoms with Crippen molar-refractivity contribution in [1.82, 2.24) is 20.5 Å². The van der Waals surface area contributed by atoms with Crippen molar-refractivity contribution in [3.8, 4) is 5.75 Å². The summed E-state index contributed by atoms with van der Waals surface area (Å²) in [6.45, 7) is 4.94. The number of amides is 1. The predicted octanol–water partition coefficient (Wildman–Crippen LogP) is 1.64.